The molecule has 0 N–H and O–H groups in total. The molecule has 12 heterocycles. The third-order valence-electron chi connectivity index (χ3n) is 20.0. The van der Waals surface area contributed by atoms with Crippen molar-refractivity contribution in [2.75, 3.05) is 14.1 Å². The molecule has 12 aromatic rings. The van der Waals surface area contributed by atoms with Gasteiger partial charge in [-0.2, -0.15) is 74.3 Å². The zero-order valence-corrected chi connectivity index (χ0v) is 55.1. The molecule has 0 spiro atoms. The zero-order chi connectivity index (χ0) is 60.7. The van der Waals surface area contributed by atoms with Gasteiger partial charge in [0.1, 0.15) is 0 Å². The number of fused-ring (bicyclic) bond motifs is 12. The summed E-state index contributed by atoms with van der Waals surface area (Å²) in [5.41, 5.74) is 24.7. The number of hydrogen-bond acceptors (Lipinski definition) is 14. The fraction of sp³-hybridized carbons (Fsp3) is 0.135. The quantitative estimate of drug-likeness (QED) is 0.132. The van der Waals surface area contributed by atoms with Crippen molar-refractivity contribution < 1.29 is 42.1 Å². The molecule has 0 bridgehead atoms. The molecule has 4 aliphatic carbocycles. The molecule has 0 unspecified atom stereocenters. The van der Waals surface area contributed by atoms with Gasteiger partial charge in [-0.3, -0.25) is 39.9 Å². The van der Waals surface area contributed by atoms with Crippen LogP contribution in [-0.4, -0.2) is 83.8 Å². The SMILES string of the molecule is CC1=C(C)N(C2(c3[c-]c(C4(c5cc[n-]n5)c5cnccc5-c5ccncc54)ccc3)c3cnccc3-c3ccncc32)[CH-]N1C.CC1=C(C)N(C2(c3c[c-]c(C4(c5cc[n-]n5)c5cnccc5-c5ccncc54)cc3)c3cnccc3-c3ccncc32)[CH-]N1C.[Pt].[Pt]. The van der Waals surface area contributed by atoms with Crippen LogP contribution in [0.1, 0.15) is 106 Å². The van der Waals surface area contributed by atoms with Crippen molar-refractivity contribution in [2.45, 2.75) is 49.6 Å². The van der Waals surface area contributed by atoms with Crippen molar-refractivity contribution in [3.8, 4) is 44.5 Å². The molecule has 0 saturated carbocycles. The first-order valence-electron chi connectivity index (χ1n) is 29.8. The second-order valence-corrected chi connectivity index (χ2v) is 23.6. The van der Waals surface area contributed by atoms with Gasteiger partial charge in [0.05, 0.1) is 16.4 Å². The molecule has 0 fully saturated rings. The van der Waals surface area contributed by atoms with Gasteiger partial charge < -0.3 is 40.0 Å². The standard InChI is InChI=1S/2C37H27N8.2Pt/c1-23-24(2)45(22-44(23)3)37(33-20-40-15-10-29(33)30-11-16-41-21-34(30)37)26-6-4-25(5-7-26)36(35-12-17-42-43-35)31-18-38-13-8-27(31)28-9-14-39-19-32(28)36;1-23-24(2)45(22-44(23)3)37(33-20-40-14-9-29(33)30-10-15-41-21-34(30)37)26-6-4-5-25(17-26)36(35-11-16-42-43-35)31-18-38-12-7-27(31)28-8-13-39-19-32(28)36;;/h4,6-22H,1-3H3;4-16,18-22H,1-3H3;;/q2*-3;;. The number of aromatic nitrogens is 12. The van der Waals surface area contributed by atoms with Gasteiger partial charge in [-0.1, -0.05) is 12.1 Å². The van der Waals surface area contributed by atoms with Crippen LogP contribution in [0.25, 0.3) is 44.5 Å². The Balaban J connectivity index is 0.000000149. The van der Waals surface area contributed by atoms with E-state index in [1.807, 2.05) is 111 Å². The summed E-state index contributed by atoms with van der Waals surface area (Å²) in [6.45, 7) is 13.0. The molecule has 2 aromatic carbocycles. The maximum atomic E-state index is 4.69. The minimum Gasteiger partial charge on any atom is -0.581 e. The fourth-order valence-corrected chi connectivity index (χ4v) is 15.6. The van der Waals surface area contributed by atoms with Gasteiger partial charge in [0, 0.05) is 169 Å². The second-order valence-electron chi connectivity index (χ2n) is 23.6. The zero-order valence-electron chi connectivity index (χ0n) is 50.6. The Kier molecular flexibility index (Phi) is 13.9. The average molecular weight is 1560 g/mol. The van der Waals surface area contributed by atoms with E-state index in [2.05, 4.69) is 227 Å². The summed E-state index contributed by atoms with van der Waals surface area (Å²) in [6.07, 6.45) is 34.1. The van der Waals surface area contributed by atoms with E-state index in [0.717, 1.165) is 134 Å². The normalized spacial score (nSPS) is 16.5. The summed E-state index contributed by atoms with van der Waals surface area (Å²) >= 11 is 0. The number of hydrogen-bond donors (Lipinski definition) is 0. The molecule has 456 valence electrons. The summed E-state index contributed by atoms with van der Waals surface area (Å²) in [6, 6.07) is 41.4. The monoisotopic (exact) mass is 1560 g/mol. The molecular weight excluding hydrogens is 1500 g/mol. The van der Waals surface area contributed by atoms with Crippen LogP contribution >= 0.6 is 0 Å². The van der Waals surface area contributed by atoms with Crippen molar-refractivity contribution in [2.24, 2.45) is 0 Å². The Bertz CT molecular complexity index is 4770. The van der Waals surface area contributed by atoms with E-state index in [4.69, 9.17) is 5.10 Å². The molecule has 18 heteroatoms. The number of nitrogens with zero attached hydrogens (tertiary/aromatic N) is 16. The number of allylic oxidation sites excluding steroid dienone is 4. The van der Waals surface area contributed by atoms with Gasteiger partial charge in [0.25, 0.3) is 0 Å². The fourth-order valence-electron chi connectivity index (χ4n) is 15.6. The van der Waals surface area contributed by atoms with Crippen molar-refractivity contribution >= 4 is 0 Å². The van der Waals surface area contributed by atoms with Crippen LogP contribution in [-0.2, 0) is 64.0 Å². The molecule has 10 aromatic heterocycles. The van der Waals surface area contributed by atoms with Gasteiger partial charge in [-0.05, 0) is 191 Å². The first kappa shape index (κ1) is 58.5. The molecule has 2 aliphatic heterocycles. The molecule has 0 saturated heterocycles. The minimum atomic E-state index is -0.818. The van der Waals surface area contributed by atoms with Gasteiger partial charge >= 0.3 is 0 Å². The largest absolute Gasteiger partial charge is 0.581 e. The van der Waals surface area contributed by atoms with Gasteiger partial charge in [-0.25, -0.2) is 0 Å². The van der Waals surface area contributed by atoms with Gasteiger partial charge in [0.15, 0.2) is 0 Å². The summed E-state index contributed by atoms with van der Waals surface area (Å²) in [5, 5.41) is 17.9. The van der Waals surface area contributed by atoms with Crippen LogP contribution < -0.4 is 10.2 Å². The van der Waals surface area contributed by atoms with Crippen molar-refractivity contribution in [3.63, 3.8) is 0 Å². The molecule has 16 nitrogen and oxygen atoms in total. The Labute approximate surface area is 561 Å². The predicted molar refractivity (Wildman–Crippen MR) is 338 cm³/mol. The number of pyridine rings is 8. The maximum absolute atomic E-state index is 4.69. The number of rotatable bonds is 8. The summed E-state index contributed by atoms with van der Waals surface area (Å²) in [5.74, 6) is 0. The first-order chi connectivity index (χ1) is 44.1. The van der Waals surface area contributed by atoms with E-state index in [1.54, 1.807) is 12.4 Å². The van der Waals surface area contributed by atoms with Crippen LogP contribution in [0.4, 0.5) is 0 Å². The Morgan fingerprint density at radius 3 is 1.04 bits per heavy atom. The smallest absolute Gasteiger partial charge is 0.0718 e. The van der Waals surface area contributed by atoms with Crippen LogP contribution in [0, 0.1) is 25.5 Å². The summed E-state index contributed by atoms with van der Waals surface area (Å²) in [4.78, 5) is 46.1. The van der Waals surface area contributed by atoms with Crippen molar-refractivity contribution in [3.05, 3.63) is 335 Å². The van der Waals surface area contributed by atoms with E-state index in [-0.39, 0.29) is 42.1 Å². The van der Waals surface area contributed by atoms with Gasteiger partial charge in [0.2, 0.25) is 0 Å². The third kappa shape index (κ3) is 7.65. The molecule has 0 amide bonds. The van der Waals surface area contributed by atoms with Gasteiger partial charge in [-0.15, -0.1) is 22.3 Å². The third-order valence-corrected chi connectivity index (χ3v) is 20.0. The van der Waals surface area contributed by atoms with Crippen molar-refractivity contribution in [1.82, 2.24) is 79.9 Å². The molecule has 0 radical (unpaired) electrons. The van der Waals surface area contributed by atoms with Crippen LogP contribution in [0.3, 0.4) is 0 Å². The molecule has 18 rings (SSSR count). The second kappa shape index (κ2) is 21.9. The average Bonchev–Trinajstić information content (AvgIpc) is 1.53. The Morgan fingerprint density at radius 2 is 0.707 bits per heavy atom. The predicted octanol–water partition coefficient (Wildman–Crippen LogP) is 11.3. The van der Waals surface area contributed by atoms with E-state index in [9.17, 15) is 0 Å². The Morgan fingerprint density at radius 1 is 0.370 bits per heavy atom. The Hall–Kier alpha value is -9.88. The van der Waals surface area contributed by atoms with E-state index in [0.29, 0.717) is 0 Å². The van der Waals surface area contributed by atoms with Crippen LogP contribution in [0.5, 0.6) is 0 Å². The molecule has 0 atom stereocenters. The minimum absolute atomic E-state index is 0. The number of benzene rings is 2. The van der Waals surface area contributed by atoms with Crippen molar-refractivity contribution in [1.29, 1.82) is 0 Å². The van der Waals surface area contributed by atoms with E-state index >= 15 is 0 Å². The van der Waals surface area contributed by atoms with Crippen LogP contribution in [0.15, 0.2) is 231 Å². The van der Waals surface area contributed by atoms with E-state index in [1.165, 1.54) is 11.4 Å². The summed E-state index contributed by atoms with van der Waals surface area (Å²) < 4.78 is 0. The maximum Gasteiger partial charge on any atom is 0.0718 e. The molecule has 6 aliphatic rings. The summed E-state index contributed by atoms with van der Waals surface area (Å²) in [7, 11) is 4.18. The first-order valence-corrected chi connectivity index (χ1v) is 29.8. The van der Waals surface area contributed by atoms with Crippen LogP contribution in [0.2, 0.25) is 0 Å². The van der Waals surface area contributed by atoms with E-state index < -0.39 is 21.9 Å². The topological polar surface area (TPSA) is 170 Å². The molecule has 92 heavy (non-hydrogen) atoms. The molecular formula is C74H54N16Pt2-6.